The van der Waals surface area contributed by atoms with E-state index in [2.05, 4.69) is 10.6 Å². The van der Waals surface area contributed by atoms with Crippen LogP contribution >= 0.6 is 0 Å². The Kier molecular flexibility index (Phi) is 6.50. The van der Waals surface area contributed by atoms with Gasteiger partial charge in [0.15, 0.2) is 0 Å². The Bertz CT molecular complexity index is 744. The molecule has 5 nitrogen and oxygen atoms in total. The highest BCUT2D eigenvalue weighted by atomic mass is 19.1. The molecule has 3 N–H and O–H groups in total. The van der Waals surface area contributed by atoms with Crippen molar-refractivity contribution in [3.8, 4) is 0 Å². The summed E-state index contributed by atoms with van der Waals surface area (Å²) < 4.78 is 26.3. The smallest absolute Gasteiger partial charge is 0.405 e. The summed E-state index contributed by atoms with van der Waals surface area (Å²) in [5, 5.41) is 13.8. The number of hydrogen-bond acceptors (Lipinski definition) is 2. The van der Waals surface area contributed by atoms with E-state index >= 15 is 0 Å². The third kappa shape index (κ3) is 6.36. The molecule has 2 amide bonds. The van der Waals surface area contributed by atoms with Gasteiger partial charge in [0.25, 0.3) is 0 Å². The first kappa shape index (κ1) is 20.4. The molecule has 7 heteroatoms. The SMILES string of the molecule is CC(NC(=O)O)C(=O)NC(C)(Cc1ccc(F)cc1)Cc1ccc(F)cc1. The van der Waals surface area contributed by atoms with E-state index in [0.717, 1.165) is 11.1 Å². The van der Waals surface area contributed by atoms with Crippen LogP contribution in [0.3, 0.4) is 0 Å². The van der Waals surface area contributed by atoms with Crippen LogP contribution in [0, 0.1) is 11.6 Å². The van der Waals surface area contributed by atoms with Gasteiger partial charge in [-0.2, -0.15) is 0 Å². The van der Waals surface area contributed by atoms with Gasteiger partial charge in [0, 0.05) is 5.54 Å². The lowest BCUT2D eigenvalue weighted by Crippen LogP contribution is -2.55. The second kappa shape index (κ2) is 8.62. The van der Waals surface area contributed by atoms with Crippen LogP contribution in [0.15, 0.2) is 48.5 Å². The maximum absolute atomic E-state index is 13.2. The Balaban J connectivity index is 2.22. The Labute approximate surface area is 156 Å². The van der Waals surface area contributed by atoms with E-state index in [9.17, 15) is 18.4 Å². The maximum Gasteiger partial charge on any atom is 0.405 e. The second-order valence-corrected chi connectivity index (χ2v) is 6.83. The van der Waals surface area contributed by atoms with Crippen molar-refractivity contribution in [1.29, 1.82) is 0 Å². The Hall–Kier alpha value is -2.96. The lowest BCUT2D eigenvalue weighted by Gasteiger charge is -2.32. The van der Waals surface area contributed by atoms with Gasteiger partial charge in [0.1, 0.15) is 17.7 Å². The summed E-state index contributed by atoms with van der Waals surface area (Å²) in [7, 11) is 0. The molecule has 1 unspecified atom stereocenters. The van der Waals surface area contributed by atoms with Crippen molar-refractivity contribution in [2.24, 2.45) is 0 Å². The lowest BCUT2D eigenvalue weighted by molar-refractivity contribution is -0.124. The molecule has 0 fully saturated rings. The van der Waals surface area contributed by atoms with Gasteiger partial charge in [-0.05, 0) is 62.1 Å². The van der Waals surface area contributed by atoms with Crippen LogP contribution in [0.5, 0.6) is 0 Å². The molecule has 0 aromatic heterocycles. The molecule has 0 saturated heterocycles. The fraction of sp³-hybridized carbons (Fsp3) is 0.300. The molecular weight excluding hydrogens is 354 g/mol. The van der Waals surface area contributed by atoms with Crippen molar-refractivity contribution >= 4 is 12.0 Å². The number of amides is 2. The van der Waals surface area contributed by atoms with E-state index in [1.165, 1.54) is 31.2 Å². The number of benzene rings is 2. The molecule has 144 valence electrons. The largest absolute Gasteiger partial charge is 0.465 e. The van der Waals surface area contributed by atoms with Gasteiger partial charge < -0.3 is 15.7 Å². The minimum absolute atomic E-state index is 0.359. The summed E-state index contributed by atoms with van der Waals surface area (Å²) >= 11 is 0. The third-order valence-corrected chi connectivity index (χ3v) is 4.17. The fourth-order valence-electron chi connectivity index (χ4n) is 2.91. The highest BCUT2D eigenvalue weighted by Crippen LogP contribution is 2.20. The van der Waals surface area contributed by atoms with Crippen LogP contribution in [0.25, 0.3) is 0 Å². The minimum Gasteiger partial charge on any atom is -0.465 e. The summed E-state index contributed by atoms with van der Waals surface area (Å²) in [6.07, 6.45) is -0.525. The highest BCUT2D eigenvalue weighted by molar-refractivity contribution is 5.85. The van der Waals surface area contributed by atoms with Gasteiger partial charge in [-0.25, -0.2) is 13.6 Å². The standard InChI is InChI=1S/C20H22F2N2O3/c1-13(23-19(26)27)18(25)24-20(2,11-14-3-7-16(21)8-4-14)12-15-5-9-17(22)10-6-15/h3-10,13,23H,11-12H2,1-2H3,(H,24,25)(H,26,27). The van der Waals surface area contributed by atoms with Gasteiger partial charge in [0.2, 0.25) is 5.91 Å². The van der Waals surface area contributed by atoms with E-state index in [1.54, 1.807) is 24.3 Å². The van der Waals surface area contributed by atoms with Crippen molar-refractivity contribution in [3.63, 3.8) is 0 Å². The quantitative estimate of drug-likeness (QED) is 0.694. The first-order valence-corrected chi connectivity index (χ1v) is 8.47. The zero-order valence-electron chi connectivity index (χ0n) is 15.1. The van der Waals surface area contributed by atoms with Gasteiger partial charge >= 0.3 is 6.09 Å². The van der Waals surface area contributed by atoms with Gasteiger partial charge in [0.05, 0.1) is 0 Å². The molecule has 0 aliphatic heterocycles. The summed E-state index contributed by atoms with van der Waals surface area (Å²) in [5.74, 6) is -1.20. The van der Waals surface area contributed by atoms with Crippen molar-refractivity contribution in [3.05, 3.63) is 71.3 Å². The molecule has 1 atom stereocenters. The van der Waals surface area contributed by atoms with E-state index in [-0.39, 0.29) is 11.6 Å². The second-order valence-electron chi connectivity index (χ2n) is 6.83. The molecular formula is C20H22F2N2O3. The van der Waals surface area contributed by atoms with Gasteiger partial charge in [-0.1, -0.05) is 24.3 Å². The normalized spacial score (nSPS) is 12.3. The first-order valence-electron chi connectivity index (χ1n) is 8.47. The topological polar surface area (TPSA) is 78.4 Å². The molecule has 2 rings (SSSR count). The predicted octanol–water partition coefficient (Wildman–Crippen LogP) is 3.28. The van der Waals surface area contributed by atoms with E-state index in [4.69, 9.17) is 5.11 Å². The van der Waals surface area contributed by atoms with Crippen LogP contribution < -0.4 is 10.6 Å². The maximum atomic E-state index is 13.2. The van der Waals surface area contributed by atoms with E-state index in [1.807, 2.05) is 6.92 Å². The number of rotatable bonds is 7. The summed E-state index contributed by atoms with van der Waals surface area (Å²) in [4.78, 5) is 23.2. The van der Waals surface area contributed by atoms with Crippen LogP contribution in [0.2, 0.25) is 0 Å². The van der Waals surface area contributed by atoms with Crippen molar-refractivity contribution < 1.29 is 23.5 Å². The predicted molar refractivity (Wildman–Crippen MR) is 97.4 cm³/mol. The summed E-state index contributed by atoms with van der Waals surface area (Å²) in [6, 6.07) is 10.9. The van der Waals surface area contributed by atoms with E-state index < -0.39 is 23.6 Å². The molecule has 0 saturated carbocycles. The van der Waals surface area contributed by atoms with Crippen LogP contribution in [0.4, 0.5) is 13.6 Å². The number of carboxylic acid groups (broad SMARTS) is 1. The van der Waals surface area contributed by atoms with E-state index in [0.29, 0.717) is 12.8 Å². The molecule has 0 heterocycles. The number of hydrogen-bond donors (Lipinski definition) is 3. The van der Waals surface area contributed by atoms with Gasteiger partial charge in [-0.3, -0.25) is 4.79 Å². The first-order chi connectivity index (χ1) is 12.7. The molecule has 2 aromatic rings. The fourth-order valence-corrected chi connectivity index (χ4v) is 2.91. The van der Waals surface area contributed by atoms with Crippen LogP contribution in [-0.4, -0.2) is 28.7 Å². The highest BCUT2D eigenvalue weighted by Gasteiger charge is 2.29. The molecule has 0 radical (unpaired) electrons. The number of nitrogens with one attached hydrogen (secondary N) is 2. The van der Waals surface area contributed by atoms with Crippen LogP contribution in [0.1, 0.15) is 25.0 Å². The van der Waals surface area contributed by atoms with Crippen molar-refractivity contribution in [1.82, 2.24) is 10.6 Å². The Morgan fingerprint density at radius 1 is 0.963 bits per heavy atom. The zero-order chi connectivity index (χ0) is 20.0. The average molecular weight is 376 g/mol. The van der Waals surface area contributed by atoms with Gasteiger partial charge in [-0.15, -0.1) is 0 Å². The average Bonchev–Trinajstić information content (AvgIpc) is 2.58. The molecule has 2 aromatic carbocycles. The number of halogens is 2. The number of carbonyl (C=O) groups excluding carboxylic acids is 1. The van der Waals surface area contributed by atoms with Crippen molar-refractivity contribution in [2.75, 3.05) is 0 Å². The molecule has 0 bridgehead atoms. The molecule has 27 heavy (non-hydrogen) atoms. The monoisotopic (exact) mass is 376 g/mol. The summed E-state index contributed by atoms with van der Waals surface area (Å²) in [6.45, 7) is 3.25. The third-order valence-electron chi connectivity index (χ3n) is 4.17. The number of carbonyl (C=O) groups is 2. The zero-order valence-corrected chi connectivity index (χ0v) is 15.1. The molecule has 0 aliphatic rings. The lowest BCUT2D eigenvalue weighted by atomic mass is 9.86. The Morgan fingerprint density at radius 3 is 1.74 bits per heavy atom. The summed E-state index contributed by atoms with van der Waals surface area (Å²) in [5.41, 5.74) is 0.821. The minimum atomic E-state index is -1.29. The van der Waals surface area contributed by atoms with Crippen molar-refractivity contribution in [2.45, 2.75) is 38.3 Å². The van der Waals surface area contributed by atoms with Crippen LogP contribution in [-0.2, 0) is 17.6 Å². The molecule has 0 spiro atoms. The molecule has 0 aliphatic carbocycles. The Morgan fingerprint density at radius 2 is 1.37 bits per heavy atom.